The van der Waals surface area contributed by atoms with Crippen molar-refractivity contribution in [1.82, 2.24) is 19.9 Å². The highest BCUT2D eigenvalue weighted by Crippen LogP contribution is 2.49. The Morgan fingerprint density at radius 3 is 2.08 bits per heavy atom. The molecule has 0 spiro atoms. The van der Waals surface area contributed by atoms with Crippen molar-refractivity contribution in [3.63, 3.8) is 0 Å². The van der Waals surface area contributed by atoms with E-state index in [2.05, 4.69) is 4.98 Å². The lowest BCUT2D eigenvalue weighted by atomic mass is 9.95. The number of carbonyl (C=O) groups excluding carboxylic acids is 1. The lowest BCUT2D eigenvalue weighted by Gasteiger charge is -2.48. The van der Waals surface area contributed by atoms with Gasteiger partial charge in [-0.2, -0.15) is 18.2 Å². The first-order valence-corrected chi connectivity index (χ1v) is 22.0. The maximum atomic E-state index is 17.9. The van der Waals surface area contributed by atoms with Crippen molar-refractivity contribution in [3.05, 3.63) is 88.5 Å². The number of rotatable bonds is 9. The fourth-order valence-corrected chi connectivity index (χ4v) is 9.80. The first-order chi connectivity index (χ1) is 31.4. The Labute approximate surface area is 379 Å². The van der Waals surface area contributed by atoms with Gasteiger partial charge in [0.2, 0.25) is 11.8 Å². The predicted molar refractivity (Wildman–Crippen MR) is 237 cm³/mol. The van der Waals surface area contributed by atoms with Crippen LogP contribution in [-0.2, 0) is 28.7 Å². The number of benzene rings is 3. The molecule has 5 aromatic rings. The number of nitrogens with zero attached hydrogens (tertiary/aromatic N) is 7. The van der Waals surface area contributed by atoms with Crippen LogP contribution < -0.4 is 28.9 Å². The highest BCUT2D eigenvalue weighted by Gasteiger charge is 2.54. The van der Waals surface area contributed by atoms with Crippen molar-refractivity contribution in [2.24, 2.45) is 0 Å². The number of piperazine rings is 1. The smallest absolute Gasteiger partial charge is 0.417 e. The number of carbonyl (C=O) groups is 1. The van der Waals surface area contributed by atoms with Crippen molar-refractivity contribution >= 4 is 34.4 Å². The van der Waals surface area contributed by atoms with Crippen LogP contribution in [0.25, 0.3) is 22.2 Å². The topological polar surface area (TPSA) is 115 Å². The van der Waals surface area contributed by atoms with Gasteiger partial charge in [-0.05, 0) is 94.5 Å². The van der Waals surface area contributed by atoms with Crippen LogP contribution in [0.5, 0.6) is 17.4 Å². The summed E-state index contributed by atoms with van der Waals surface area (Å²) in [5.41, 5.74) is -3.39. The number of hydrogen-bond donors (Lipinski definition) is 0. The van der Waals surface area contributed by atoms with Crippen molar-refractivity contribution in [2.45, 2.75) is 96.6 Å². The zero-order valence-electron chi connectivity index (χ0n) is 37.8. The van der Waals surface area contributed by atoms with Gasteiger partial charge < -0.3 is 38.4 Å². The van der Waals surface area contributed by atoms with E-state index in [0.29, 0.717) is 74.1 Å². The van der Waals surface area contributed by atoms with Crippen LogP contribution in [-0.4, -0.2) is 103 Å². The second kappa shape index (κ2) is 17.2. The molecule has 3 saturated heterocycles. The molecule has 0 radical (unpaired) electrons. The van der Waals surface area contributed by atoms with Gasteiger partial charge in [-0.1, -0.05) is 24.3 Å². The Morgan fingerprint density at radius 1 is 0.879 bits per heavy atom. The van der Waals surface area contributed by atoms with Crippen molar-refractivity contribution in [2.75, 3.05) is 61.8 Å². The molecule has 4 aliphatic heterocycles. The maximum absolute atomic E-state index is 17.9. The predicted octanol–water partition coefficient (Wildman–Crippen LogP) is 9.10. The molecule has 18 heteroatoms. The molecule has 0 N–H and O–H groups in total. The number of pyridine rings is 1. The summed E-state index contributed by atoms with van der Waals surface area (Å²) in [6.07, 6.45) is -5.07. The minimum absolute atomic E-state index is 0.0515. The molecular weight excluding hydrogens is 866 g/mol. The summed E-state index contributed by atoms with van der Waals surface area (Å²) in [5, 5.41) is 0.0842. The molecule has 4 atom stereocenters. The van der Waals surface area contributed by atoms with Gasteiger partial charge in [-0.25, -0.2) is 23.5 Å². The second-order valence-corrected chi connectivity index (χ2v) is 18.2. The van der Waals surface area contributed by atoms with Gasteiger partial charge >= 0.3 is 12.3 Å². The standard InChI is InChI=1S/C48H52F5N7O6/c1-26-37(48(51,52)53)33(22-35(38(26)49)58(23-28-8-13-31(62-6)14-9-28)24-29-10-15-32(63-7)16-11-29)40-39(50)41-36-43(56-45(55-41)57-18-20-64-21-19-57)59-25-30-12-17-34(42(59)27(2)65-44(36)54-40)60(30)46(61)66-47(3,4)5/h8-11,13-16,22,27,30,34,42H,12,17-21,23-25H2,1-7H3/t27-,30+,34-,42+/m0/s1. The Bertz CT molecular complexity index is 2590. The van der Waals surface area contributed by atoms with E-state index in [9.17, 15) is 4.79 Å². The van der Waals surface area contributed by atoms with E-state index in [0.717, 1.165) is 13.0 Å². The van der Waals surface area contributed by atoms with Crippen LogP contribution in [0.1, 0.15) is 62.8 Å². The van der Waals surface area contributed by atoms with Crippen LogP contribution in [0.3, 0.4) is 0 Å². The largest absolute Gasteiger partial charge is 0.497 e. The third kappa shape index (κ3) is 8.32. The van der Waals surface area contributed by atoms with Crippen molar-refractivity contribution in [3.8, 4) is 28.6 Å². The van der Waals surface area contributed by atoms with E-state index in [4.69, 9.17) is 33.7 Å². The molecule has 4 aliphatic rings. The Kier molecular flexibility index (Phi) is 11.8. The van der Waals surface area contributed by atoms with Crippen LogP contribution in [0.4, 0.5) is 44.2 Å². The summed E-state index contributed by atoms with van der Waals surface area (Å²) in [6.45, 7) is 10.1. The van der Waals surface area contributed by atoms with E-state index in [1.807, 2.05) is 9.80 Å². The molecule has 3 fully saturated rings. The third-order valence-corrected chi connectivity index (χ3v) is 12.8. The minimum Gasteiger partial charge on any atom is -0.497 e. The first kappa shape index (κ1) is 45.0. The Hall–Kier alpha value is -6.17. The van der Waals surface area contributed by atoms with Crippen molar-refractivity contribution in [1.29, 1.82) is 0 Å². The number of alkyl halides is 3. The number of hydrogen-bond acceptors (Lipinski definition) is 12. The van der Waals surface area contributed by atoms with Gasteiger partial charge in [0.15, 0.2) is 5.82 Å². The van der Waals surface area contributed by atoms with E-state index >= 15 is 22.0 Å². The van der Waals surface area contributed by atoms with E-state index < -0.39 is 70.1 Å². The fraction of sp³-hybridized carbons (Fsp3) is 0.458. The summed E-state index contributed by atoms with van der Waals surface area (Å²) in [7, 11) is 3.05. The monoisotopic (exact) mass is 917 g/mol. The molecule has 0 aliphatic carbocycles. The summed E-state index contributed by atoms with van der Waals surface area (Å²) >= 11 is 0. The lowest BCUT2D eigenvalue weighted by Crippen LogP contribution is -2.65. The number of anilines is 3. The zero-order valence-corrected chi connectivity index (χ0v) is 37.8. The minimum atomic E-state index is -5.15. The molecule has 6 heterocycles. The van der Waals surface area contributed by atoms with Gasteiger partial charge in [0.05, 0.1) is 56.8 Å². The van der Waals surface area contributed by atoms with Crippen LogP contribution in [0.15, 0.2) is 54.6 Å². The molecule has 66 heavy (non-hydrogen) atoms. The number of aromatic nitrogens is 3. The summed E-state index contributed by atoms with van der Waals surface area (Å²) in [4.78, 5) is 35.3. The molecule has 2 aromatic heterocycles. The number of halogens is 5. The summed E-state index contributed by atoms with van der Waals surface area (Å²) < 4.78 is 110. The normalized spacial score (nSPS) is 20.5. The zero-order chi connectivity index (χ0) is 46.8. The van der Waals surface area contributed by atoms with Crippen LogP contribution in [0.2, 0.25) is 0 Å². The van der Waals surface area contributed by atoms with Gasteiger partial charge in [-0.3, -0.25) is 4.90 Å². The third-order valence-electron chi connectivity index (χ3n) is 12.8. The maximum Gasteiger partial charge on any atom is 0.417 e. The average molecular weight is 918 g/mol. The van der Waals surface area contributed by atoms with Crippen LogP contribution in [0, 0.1) is 18.6 Å². The number of ether oxygens (including phenoxy) is 5. The number of methoxy groups -OCH3 is 2. The van der Waals surface area contributed by atoms with Gasteiger partial charge in [0, 0.05) is 38.3 Å². The molecule has 3 aromatic carbocycles. The lowest BCUT2D eigenvalue weighted by molar-refractivity contribution is -0.137. The Balaban J connectivity index is 1.24. The molecule has 9 rings (SSSR count). The summed E-state index contributed by atoms with van der Waals surface area (Å²) in [6, 6.07) is 13.8. The van der Waals surface area contributed by atoms with Gasteiger partial charge in [0.25, 0.3) is 0 Å². The fourth-order valence-electron chi connectivity index (χ4n) is 9.80. The van der Waals surface area contributed by atoms with Crippen molar-refractivity contribution < 1.29 is 50.4 Å². The molecule has 350 valence electrons. The molecule has 13 nitrogen and oxygen atoms in total. The molecule has 0 saturated carbocycles. The SMILES string of the molecule is COc1ccc(CN(Cc2ccc(OC)cc2)c2cc(-c3nc4c5c(nc(N6CCOCC6)nc5c3F)N3C[C@H]5CC[C@@H]([C@H]3[C@H](C)O4)N5C(=O)OC(C)(C)C)c(C(F)(F)F)c(C)c2F)cc1. The number of amides is 1. The molecule has 0 unspecified atom stereocenters. The van der Waals surface area contributed by atoms with Gasteiger partial charge in [0.1, 0.15) is 51.4 Å². The van der Waals surface area contributed by atoms with E-state index in [1.54, 1.807) is 86.0 Å². The average Bonchev–Trinajstić information content (AvgIpc) is 3.53. The second-order valence-electron chi connectivity index (χ2n) is 18.2. The molecule has 1 amide bonds. The highest BCUT2D eigenvalue weighted by atomic mass is 19.4. The summed E-state index contributed by atoms with van der Waals surface area (Å²) in [5.74, 6) is -0.857. The highest BCUT2D eigenvalue weighted by molar-refractivity contribution is 5.98. The Morgan fingerprint density at radius 2 is 1.50 bits per heavy atom. The molecule has 2 bridgehead atoms. The number of morpholine rings is 1. The van der Waals surface area contributed by atoms with E-state index in [-0.39, 0.29) is 47.5 Å². The van der Waals surface area contributed by atoms with Gasteiger partial charge in [-0.15, -0.1) is 0 Å². The first-order valence-electron chi connectivity index (χ1n) is 22.0. The quantitative estimate of drug-likeness (QED) is 0.132. The molecular formula is C48H52F5N7O6. The van der Waals surface area contributed by atoms with E-state index in [1.165, 1.54) is 14.2 Å². The number of fused-ring (bicyclic) bond motifs is 5. The van der Waals surface area contributed by atoms with Crippen LogP contribution >= 0.6 is 0 Å².